The van der Waals surface area contributed by atoms with Gasteiger partial charge in [-0.3, -0.25) is 4.79 Å². The summed E-state index contributed by atoms with van der Waals surface area (Å²) < 4.78 is 15.2. The van der Waals surface area contributed by atoms with E-state index >= 15 is 0 Å². The first-order valence-corrected chi connectivity index (χ1v) is 8.85. The molecule has 26 heavy (non-hydrogen) atoms. The van der Waals surface area contributed by atoms with E-state index in [1.54, 1.807) is 12.1 Å². The van der Waals surface area contributed by atoms with E-state index in [4.69, 9.17) is 0 Å². The first-order chi connectivity index (χ1) is 12.5. The summed E-state index contributed by atoms with van der Waals surface area (Å²) in [6.45, 7) is 5.17. The van der Waals surface area contributed by atoms with Gasteiger partial charge in [-0.25, -0.2) is 4.39 Å². The van der Waals surface area contributed by atoms with Gasteiger partial charge in [-0.05, 0) is 62.2 Å². The molecule has 2 heterocycles. The van der Waals surface area contributed by atoms with E-state index in [0.717, 1.165) is 41.3 Å². The summed E-state index contributed by atoms with van der Waals surface area (Å²) in [4.78, 5) is 15.1. The monoisotopic (exact) mass is 348 g/mol. The number of carbonyl (C=O) groups is 1. The SMILES string of the molecule is Cc1cc(C(=O)CN2CCc3ccccc32)c(C)n1-c1ccc(F)cc1. The van der Waals surface area contributed by atoms with Gasteiger partial charge < -0.3 is 9.47 Å². The molecule has 0 amide bonds. The predicted molar refractivity (Wildman–Crippen MR) is 102 cm³/mol. The van der Waals surface area contributed by atoms with E-state index in [0.29, 0.717) is 6.54 Å². The van der Waals surface area contributed by atoms with Gasteiger partial charge >= 0.3 is 0 Å². The summed E-state index contributed by atoms with van der Waals surface area (Å²) in [6, 6.07) is 16.6. The van der Waals surface area contributed by atoms with Crippen LogP contribution in [0.3, 0.4) is 0 Å². The second kappa shape index (κ2) is 6.45. The molecule has 0 N–H and O–H groups in total. The van der Waals surface area contributed by atoms with Crippen LogP contribution in [0.5, 0.6) is 0 Å². The largest absolute Gasteiger partial charge is 0.363 e. The first-order valence-electron chi connectivity index (χ1n) is 8.85. The fourth-order valence-electron chi connectivity index (χ4n) is 3.86. The number of fused-ring (bicyclic) bond motifs is 1. The highest BCUT2D eigenvalue weighted by Crippen LogP contribution is 2.28. The maximum atomic E-state index is 13.2. The number of nitrogens with zero attached hydrogens (tertiary/aromatic N) is 2. The highest BCUT2D eigenvalue weighted by Gasteiger charge is 2.23. The number of benzene rings is 2. The molecule has 4 heteroatoms. The summed E-state index contributed by atoms with van der Waals surface area (Å²) in [6.07, 6.45) is 0.984. The van der Waals surface area contributed by atoms with Crippen LogP contribution in [0.1, 0.15) is 27.3 Å². The standard InChI is InChI=1S/C22H21FN2O/c1-15-13-20(16(2)25(15)19-9-7-18(23)8-10-19)22(26)14-24-12-11-17-5-3-4-6-21(17)24/h3-10,13H,11-12,14H2,1-2H3. The number of rotatable bonds is 4. The molecule has 132 valence electrons. The summed E-state index contributed by atoms with van der Waals surface area (Å²) in [5.74, 6) is -0.150. The third-order valence-corrected chi connectivity index (χ3v) is 5.13. The van der Waals surface area contributed by atoms with Crippen molar-refractivity contribution in [2.75, 3.05) is 18.0 Å². The molecule has 3 nitrogen and oxygen atoms in total. The molecule has 0 aliphatic carbocycles. The number of para-hydroxylation sites is 1. The summed E-state index contributed by atoms with van der Waals surface area (Å²) in [5, 5.41) is 0. The fraction of sp³-hybridized carbons (Fsp3) is 0.227. The van der Waals surface area contributed by atoms with Crippen LogP contribution in [0, 0.1) is 19.7 Å². The Morgan fingerprint density at radius 1 is 1.08 bits per heavy atom. The molecule has 0 saturated heterocycles. The molecule has 1 aromatic heterocycles. The number of aryl methyl sites for hydroxylation is 1. The highest BCUT2D eigenvalue weighted by atomic mass is 19.1. The van der Waals surface area contributed by atoms with Crippen molar-refractivity contribution in [3.8, 4) is 5.69 Å². The van der Waals surface area contributed by atoms with Crippen LogP contribution >= 0.6 is 0 Å². The second-order valence-electron chi connectivity index (χ2n) is 6.82. The van der Waals surface area contributed by atoms with E-state index in [9.17, 15) is 9.18 Å². The molecule has 1 aliphatic heterocycles. The van der Waals surface area contributed by atoms with Gasteiger partial charge in [-0.1, -0.05) is 18.2 Å². The van der Waals surface area contributed by atoms with E-state index in [-0.39, 0.29) is 11.6 Å². The molecule has 1 aliphatic rings. The van der Waals surface area contributed by atoms with Crippen molar-refractivity contribution < 1.29 is 9.18 Å². The Bertz CT molecular complexity index is 972. The van der Waals surface area contributed by atoms with Crippen molar-refractivity contribution >= 4 is 11.5 Å². The third kappa shape index (κ3) is 2.81. The lowest BCUT2D eigenvalue weighted by Gasteiger charge is -2.18. The summed E-state index contributed by atoms with van der Waals surface area (Å²) >= 11 is 0. The minimum Gasteiger partial charge on any atom is -0.363 e. The quantitative estimate of drug-likeness (QED) is 0.650. The Morgan fingerprint density at radius 3 is 2.58 bits per heavy atom. The molecule has 2 aromatic carbocycles. The van der Waals surface area contributed by atoms with Gasteiger partial charge in [0.1, 0.15) is 5.82 Å². The smallest absolute Gasteiger partial charge is 0.183 e. The second-order valence-corrected chi connectivity index (χ2v) is 6.82. The summed E-state index contributed by atoms with van der Waals surface area (Å²) in [5.41, 5.74) is 5.93. The molecule has 0 spiro atoms. The fourth-order valence-corrected chi connectivity index (χ4v) is 3.86. The number of hydrogen-bond donors (Lipinski definition) is 0. The van der Waals surface area contributed by atoms with Gasteiger partial charge in [0.2, 0.25) is 0 Å². The molecule has 0 unspecified atom stereocenters. The maximum Gasteiger partial charge on any atom is 0.183 e. The average Bonchev–Trinajstić information content (AvgIpc) is 3.17. The number of anilines is 1. The minimum absolute atomic E-state index is 0.114. The number of aromatic nitrogens is 1. The Kier molecular flexibility index (Phi) is 4.11. The van der Waals surface area contributed by atoms with Gasteiger partial charge in [0.15, 0.2) is 5.78 Å². The Hall–Kier alpha value is -2.88. The van der Waals surface area contributed by atoms with Crippen molar-refractivity contribution in [1.29, 1.82) is 0 Å². The molecule has 0 atom stereocenters. The number of hydrogen-bond acceptors (Lipinski definition) is 2. The number of halogens is 1. The van der Waals surface area contributed by atoms with Crippen molar-refractivity contribution in [2.24, 2.45) is 0 Å². The zero-order valence-corrected chi connectivity index (χ0v) is 15.0. The molecule has 0 bridgehead atoms. The lowest BCUT2D eigenvalue weighted by atomic mass is 10.1. The lowest BCUT2D eigenvalue weighted by Crippen LogP contribution is -2.28. The third-order valence-electron chi connectivity index (χ3n) is 5.13. The zero-order chi connectivity index (χ0) is 18.3. The van der Waals surface area contributed by atoms with E-state index in [2.05, 4.69) is 17.0 Å². The normalized spacial score (nSPS) is 13.1. The lowest BCUT2D eigenvalue weighted by molar-refractivity contribution is 0.0999. The molecular weight excluding hydrogens is 327 g/mol. The van der Waals surface area contributed by atoms with Crippen LogP contribution in [0.25, 0.3) is 5.69 Å². The number of Topliss-reactive ketones (excluding diaryl/α,β-unsaturated/α-hetero) is 1. The van der Waals surface area contributed by atoms with E-state index < -0.39 is 0 Å². The molecule has 3 aromatic rings. The first kappa shape index (κ1) is 16.6. The van der Waals surface area contributed by atoms with Gasteiger partial charge in [-0.15, -0.1) is 0 Å². The van der Waals surface area contributed by atoms with Crippen LogP contribution < -0.4 is 4.90 Å². The van der Waals surface area contributed by atoms with Crippen LogP contribution in [-0.4, -0.2) is 23.4 Å². The molecular formula is C22H21FN2O. The van der Waals surface area contributed by atoms with E-state index in [1.807, 2.05) is 36.6 Å². The van der Waals surface area contributed by atoms with Crippen LogP contribution in [0.15, 0.2) is 54.6 Å². The number of carbonyl (C=O) groups excluding carboxylic acids is 1. The molecule has 0 fully saturated rings. The maximum absolute atomic E-state index is 13.2. The van der Waals surface area contributed by atoms with Crippen molar-refractivity contribution in [3.63, 3.8) is 0 Å². The number of ketones is 1. The van der Waals surface area contributed by atoms with Crippen molar-refractivity contribution in [3.05, 3.63) is 82.9 Å². The van der Waals surface area contributed by atoms with Crippen molar-refractivity contribution in [1.82, 2.24) is 4.57 Å². The van der Waals surface area contributed by atoms with Crippen LogP contribution in [0.2, 0.25) is 0 Å². The topological polar surface area (TPSA) is 25.2 Å². The van der Waals surface area contributed by atoms with Crippen LogP contribution in [0.4, 0.5) is 10.1 Å². The van der Waals surface area contributed by atoms with Gasteiger partial charge in [0, 0.05) is 34.9 Å². The Morgan fingerprint density at radius 2 is 1.81 bits per heavy atom. The Labute approximate surface area is 152 Å². The van der Waals surface area contributed by atoms with Gasteiger partial charge in [0.25, 0.3) is 0 Å². The average molecular weight is 348 g/mol. The predicted octanol–water partition coefficient (Wildman–Crippen LogP) is 4.48. The highest BCUT2D eigenvalue weighted by molar-refractivity contribution is 6.01. The summed E-state index contributed by atoms with van der Waals surface area (Å²) in [7, 11) is 0. The van der Waals surface area contributed by atoms with Crippen LogP contribution in [-0.2, 0) is 6.42 Å². The van der Waals surface area contributed by atoms with Gasteiger partial charge in [-0.2, -0.15) is 0 Å². The molecule has 4 rings (SSSR count). The van der Waals surface area contributed by atoms with E-state index in [1.165, 1.54) is 17.7 Å². The van der Waals surface area contributed by atoms with Gasteiger partial charge in [0.05, 0.1) is 6.54 Å². The Balaban J connectivity index is 1.62. The minimum atomic E-state index is -0.264. The van der Waals surface area contributed by atoms with Crippen molar-refractivity contribution in [2.45, 2.75) is 20.3 Å². The molecule has 0 saturated carbocycles. The zero-order valence-electron chi connectivity index (χ0n) is 15.0. The molecule has 0 radical (unpaired) electrons.